The molecule has 8 heavy (non-hydrogen) atoms. The number of allylic oxidation sites excluding steroid dienone is 1. The maximum absolute atomic E-state index is 10.2. The minimum Gasteiger partial charge on any atom is -0.269 e. The van der Waals surface area contributed by atoms with Crippen LogP contribution in [0.3, 0.4) is 0 Å². The second kappa shape index (κ2) is 4.65. The summed E-state index contributed by atoms with van der Waals surface area (Å²) in [6.45, 7) is 1.94. The molecule has 46 valence electrons. The van der Waals surface area contributed by atoms with E-state index >= 15 is 0 Å². The minimum absolute atomic E-state index is 0.270. The monoisotopic (exact) mass is 133 g/mol. The Morgan fingerprint density at radius 2 is 2.50 bits per heavy atom. The van der Waals surface area contributed by atoms with E-state index in [2.05, 4.69) is 0 Å². The quantitative estimate of drug-likeness (QED) is 0.446. The lowest BCUT2D eigenvalue weighted by Gasteiger charge is -1.82. The maximum Gasteiger partial charge on any atom is 0.257 e. The molecule has 0 aromatic rings. The van der Waals surface area contributed by atoms with Gasteiger partial charge in [-0.25, -0.2) is 0 Å². The van der Waals surface area contributed by atoms with Crippen molar-refractivity contribution in [3.8, 4) is 0 Å². The summed E-state index contributed by atoms with van der Waals surface area (Å²) in [4.78, 5) is 12.2. The fourth-order valence-electron chi connectivity index (χ4n) is 0.256. The number of amides is 1. The number of halogens is 1. The van der Waals surface area contributed by atoms with Crippen LogP contribution in [0.2, 0.25) is 0 Å². The fraction of sp³-hybridized carbons (Fsp3) is 0.400. The molecule has 1 amide bonds. The molecule has 1 N–H and O–H groups in total. The maximum atomic E-state index is 10.2. The van der Waals surface area contributed by atoms with Gasteiger partial charge < -0.3 is 0 Å². The molecular formula is C5H8ClNO. The first kappa shape index (κ1) is 7.50. The molecule has 0 unspecified atom stereocenters. The van der Waals surface area contributed by atoms with E-state index < -0.39 is 0 Å². The molecular weight excluding hydrogens is 126 g/mol. The van der Waals surface area contributed by atoms with Gasteiger partial charge in [-0.1, -0.05) is 13.0 Å². The van der Waals surface area contributed by atoms with Gasteiger partial charge >= 0.3 is 0 Å². The zero-order valence-electron chi connectivity index (χ0n) is 4.65. The van der Waals surface area contributed by atoms with Crippen molar-refractivity contribution in [2.45, 2.75) is 13.3 Å². The summed E-state index contributed by atoms with van der Waals surface area (Å²) in [5, 5.41) is 0. The van der Waals surface area contributed by atoms with E-state index in [1.807, 2.05) is 11.8 Å². The van der Waals surface area contributed by atoms with Crippen molar-refractivity contribution in [2.24, 2.45) is 0 Å². The van der Waals surface area contributed by atoms with Crippen LogP contribution < -0.4 is 4.84 Å². The first-order chi connectivity index (χ1) is 3.81. The normalized spacial score (nSPS) is 9.75. The van der Waals surface area contributed by atoms with Crippen molar-refractivity contribution in [3.63, 3.8) is 0 Å². The van der Waals surface area contributed by atoms with Crippen molar-refractivity contribution in [3.05, 3.63) is 12.2 Å². The van der Waals surface area contributed by atoms with Crippen LogP contribution in [-0.2, 0) is 4.79 Å². The van der Waals surface area contributed by atoms with E-state index in [-0.39, 0.29) is 5.91 Å². The molecule has 0 aliphatic rings. The third kappa shape index (κ3) is 3.68. The Bertz CT molecular complexity index is 101. The van der Waals surface area contributed by atoms with Crippen molar-refractivity contribution in [1.29, 1.82) is 0 Å². The Morgan fingerprint density at radius 1 is 1.88 bits per heavy atom. The Kier molecular flexibility index (Phi) is 4.36. The first-order valence-corrected chi connectivity index (χ1v) is 2.76. The summed E-state index contributed by atoms with van der Waals surface area (Å²) in [6.07, 6.45) is 3.98. The van der Waals surface area contributed by atoms with Gasteiger partial charge in [-0.05, 0) is 6.42 Å². The molecule has 0 saturated carbocycles. The number of rotatable bonds is 2. The smallest absolute Gasteiger partial charge is 0.257 e. The average molecular weight is 134 g/mol. The van der Waals surface area contributed by atoms with Gasteiger partial charge in [-0.2, -0.15) is 0 Å². The van der Waals surface area contributed by atoms with Crippen molar-refractivity contribution in [1.82, 2.24) is 4.84 Å². The van der Waals surface area contributed by atoms with Crippen LogP contribution in [0.5, 0.6) is 0 Å². The van der Waals surface area contributed by atoms with Crippen LogP contribution in [0.25, 0.3) is 0 Å². The van der Waals surface area contributed by atoms with Gasteiger partial charge in [0, 0.05) is 17.9 Å². The molecule has 0 spiro atoms. The molecule has 0 atom stereocenters. The Morgan fingerprint density at radius 3 is 2.88 bits per heavy atom. The largest absolute Gasteiger partial charge is 0.269 e. The van der Waals surface area contributed by atoms with Gasteiger partial charge in [0.25, 0.3) is 5.91 Å². The van der Waals surface area contributed by atoms with Crippen LogP contribution in [0.1, 0.15) is 13.3 Å². The fourth-order valence-corrected chi connectivity index (χ4v) is 0.319. The van der Waals surface area contributed by atoms with Gasteiger partial charge in [0.1, 0.15) is 0 Å². The first-order valence-electron chi connectivity index (χ1n) is 2.38. The zero-order chi connectivity index (χ0) is 6.41. The third-order valence-corrected chi connectivity index (χ3v) is 0.784. The highest BCUT2D eigenvalue weighted by Crippen LogP contribution is 1.79. The van der Waals surface area contributed by atoms with Crippen molar-refractivity contribution >= 4 is 17.7 Å². The van der Waals surface area contributed by atoms with E-state index in [0.717, 1.165) is 6.42 Å². The second-order valence-corrected chi connectivity index (χ2v) is 1.46. The number of carbonyl (C=O) groups excluding carboxylic acids is 1. The third-order valence-electron chi connectivity index (χ3n) is 0.598. The topological polar surface area (TPSA) is 29.1 Å². The molecule has 0 rings (SSSR count). The Labute approximate surface area is 53.6 Å². The summed E-state index contributed by atoms with van der Waals surface area (Å²) >= 11 is 4.94. The number of hydrogen-bond acceptors (Lipinski definition) is 1. The van der Waals surface area contributed by atoms with Crippen LogP contribution in [0.4, 0.5) is 0 Å². The SMILES string of the molecule is CCC=CC(=O)NCl. The van der Waals surface area contributed by atoms with Gasteiger partial charge in [-0.3, -0.25) is 9.63 Å². The molecule has 3 heteroatoms. The van der Waals surface area contributed by atoms with Gasteiger partial charge in [0.2, 0.25) is 0 Å². The van der Waals surface area contributed by atoms with E-state index in [4.69, 9.17) is 11.8 Å². The van der Waals surface area contributed by atoms with E-state index in [1.165, 1.54) is 6.08 Å². The highest BCUT2D eigenvalue weighted by molar-refractivity contribution is 6.23. The lowest BCUT2D eigenvalue weighted by molar-refractivity contribution is -0.114. The van der Waals surface area contributed by atoms with Gasteiger partial charge in [0.15, 0.2) is 0 Å². The van der Waals surface area contributed by atoms with Gasteiger partial charge in [-0.15, -0.1) is 0 Å². The second-order valence-electron chi connectivity index (χ2n) is 1.27. The molecule has 0 aromatic carbocycles. The van der Waals surface area contributed by atoms with E-state index in [0.29, 0.717) is 0 Å². The number of carbonyl (C=O) groups is 1. The highest BCUT2D eigenvalue weighted by atomic mass is 35.5. The highest BCUT2D eigenvalue weighted by Gasteiger charge is 1.84. The van der Waals surface area contributed by atoms with Gasteiger partial charge in [0.05, 0.1) is 0 Å². The van der Waals surface area contributed by atoms with Crippen molar-refractivity contribution < 1.29 is 4.79 Å². The lowest BCUT2D eigenvalue weighted by Crippen LogP contribution is -2.07. The lowest BCUT2D eigenvalue weighted by atomic mass is 10.4. The predicted octanol–water partition coefficient (Wildman–Crippen LogP) is 1.22. The molecule has 0 fully saturated rings. The zero-order valence-corrected chi connectivity index (χ0v) is 5.40. The van der Waals surface area contributed by atoms with Crippen molar-refractivity contribution in [2.75, 3.05) is 0 Å². The van der Waals surface area contributed by atoms with E-state index in [1.54, 1.807) is 6.08 Å². The van der Waals surface area contributed by atoms with Crippen LogP contribution in [0.15, 0.2) is 12.2 Å². The molecule has 0 radical (unpaired) electrons. The van der Waals surface area contributed by atoms with E-state index in [9.17, 15) is 4.79 Å². The molecule has 0 aliphatic heterocycles. The molecule has 0 aromatic heterocycles. The number of nitrogens with one attached hydrogen (secondary N) is 1. The van der Waals surface area contributed by atoms with Crippen LogP contribution in [0, 0.1) is 0 Å². The molecule has 0 heterocycles. The van der Waals surface area contributed by atoms with Crippen LogP contribution >= 0.6 is 11.8 Å². The average Bonchev–Trinajstić information content (AvgIpc) is 1.83. The predicted molar refractivity (Wildman–Crippen MR) is 33.4 cm³/mol. The number of hydrogen-bond donors (Lipinski definition) is 1. The summed E-state index contributed by atoms with van der Waals surface area (Å²) < 4.78 is 0. The summed E-state index contributed by atoms with van der Waals surface area (Å²) in [7, 11) is 0. The Balaban J connectivity index is 3.37. The molecule has 0 aliphatic carbocycles. The molecule has 0 bridgehead atoms. The molecule has 2 nitrogen and oxygen atoms in total. The Hall–Kier alpha value is -0.500. The van der Waals surface area contributed by atoms with Crippen LogP contribution in [-0.4, -0.2) is 5.91 Å². The summed E-state index contributed by atoms with van der Waals surface area (Å²) in [5.41, 5.74) is 0. The minimum atomic E-state index is -0.270. The molecule has 0 saturated heterocycles. The standard InChI is InChI=1S/C5H8ClNO/c1-2-3-4-5(8)7-6/h3-4H,2H2,1H3,(H,7,8). The summed E-state index contributed by atoms with van der Waals surface area (Å²) in [5.74, 6) is -0.270. The summed E-state index contributed by atoms with van der Waals surface area (Å²) in [6, 6.07) is 0.